The lowest BCUT2D eigenvalue weighted by Crippen LogP contribution is -2.28. The minimum absolute atomic E-state index is 0.00230. The van der Waals surface area contributed by atoms with E-state index in [9.17, 15) is 4.79 Å². The maximum absolute atomic E-state index is 10.7. The van der Waals surface area contributed by atoms with Gasteiger partial charge < -0.3 is 14.3 Å². The molecule has 0 aliphatic heterocycles. The van der Waals surface area contributed by atoms with Crippen LogP contribution in [0.1, 0.15) is 29.2 Å². The smallest absolute Gasteiger partial charge is 0.371 e. The average Bonchev–Trinajstić information content (AvgIpc) is 3.04. The normalized spacial score (nSPS) is 15.4. The molecule has 0 radical (unpaired) electrons. The fraction of sp³-hybridized carbons (Fsp3) is 0.583. The molecule has 5 heteroatoms. The largest absolute Gasteiger partial charge is 0.475 e. The van der Waals surface area contributed by atoms with Crippen LogP contribution in [0.4, 0.5) is 0 Å². The molecule has 1 heterocycles. The monoisotopic (exact) mass is 239 g/mol. The average molecular weight is 239 g/mol. The van der Waals surface area contributed by atoms with Crippen molar-refractivity contribution in [3.63, 3.8) is 0 Å². The van der Waals surface area contributed by atoms with Crippen molar-refractivity contribution >= 4 is 5.97 Å². The van der Waals surface area contributed by atoms with Crippen LogP contribution in [-0.4, -0.2) is 42.3 Å². The van der Waals surface area contributed by atoms with Gasteiger partial charge in [-0.2, -0.15) is 0 Å². The van der Waals surface area contributed by atoms with E-state index in [0.29, 0.717) is 25.0 Å². The number of hydrogen-bond acceptors (Lipinski definition) is 4. The fourth-order valence-corrected chi connectivity index (χ4v) is 1.82. The van der Waals surface area contributed by atoms with Gasteiger partial charge in [0.15, 0.2) is 0 Å². The van der Waals surface area contributed by atoms with Crippen LogP contribution in [0.2, 0.25) is 0 Å². The topological polar surface area (TPSA) is 62.9 Å². The molecule has 0 bridgehead atoms. The van der Waals surface area contributed by atoms with E-state index in [0.717, 1.165) is 6.54 Å². The number of ether oxygens (including phenoxy) is 1. The van der Waals surface area contributed by atoms with E-state index in [2.05, 4.69) is 4.90 Å². The summed E-state index contributed by atoms with van der Waals surface area (Å²) in [5.41, 5.74) is 0. The van der Waals surface area contributed by atoms with Crippen LogP contribution < -0.4 is 0 Å². The Morgan fingerprint density at radius 1 is 1.59 bits per heavy atom. The molecule has 94 valence electrons. The van der Waals surface area contributed by atoms with Crippen molar-refractivity contribution < 1.29 is 19.1 Å². The Hall–Kier alpha value is -1.33. The molecule has 1 fully saturated rings. The number of hydrogen-bond donors (Lipinski definition) is 1. The Morgan fingerprint density at radius 3 is 2.88 bits per heavy atom. The zero-order chi connectivity index (χ0) is 12.3. The van der Waals surface area contributed by atoms with Gasteiger partial charge in [-0.25, -0.2) is 4.79 Å². The molecule has 0 spiro atoms. The number of nitrogens with zero attached hydrogens (tertiary/aromatic N) is 1. The maximum Gasteiger partial charge on any atom is 0.371 e. The molecule has 1 aromatic rings. The molecule has 2 rings (SSSR count). The molecule has 17 heavy (non-hydrogen) atoms. The van der Waals surface area contributed by atoms with Crippen molar-refractivity contribution in [2.75, 3.05) is 20.3 Å². The summed E-state index contributed by atoms with van der Waals surface area (Å²) < 4.78 is 10.3. The highest BCUT2D eigenvalue weighted by molar-refractivity contribution is 5.84. The molecule has 0 aromatic carbocycles. The first-order valence-corrected chi connectivity index (χ1v) is 5.75. The summed E-state index contributed by atoms with van der Waals surface area (Å²) >= 11 is 0. The first kappa shape index (κ1) is 12.1. The minimum atomic E-state index is -1.02. The predicted molar refractivity (Wildman–Crippen MR) is 61.0 cm³/mol. The second-order valence-electron chi connectivity index (χ2n) is 4.27. The number of carboxylic acid groups (broad SMARTS) is 1. The van der Waals surface area contributed by atoms with E-state index in [4.69, 9.17) is 14.3 Å². The molecule has 1 N–H and O–H groups in total. The molecule has 1 aromatic heterocycles. The second kappa shape index (κ2) is 5.33. The first-order chi connectivity index (χ1) is 8.20. The van der Waals surface area contributed by atoms with E-state index in [-0.39, 0.29) is 5.76 Å². The van der Waals surface area contributed by atoms with Crippen LogP contribution in [0.15, 0.2) is 16.5 Å². The minimum Gasteiger partial charge on any atom is -0.475 e. The zero-order valence-electron chi connectivity index (χ0n) is 9.89. The van der Waals surface area contributed by atoms with Gasteiger partial charge in [0.1, 0.15) is 5.76 Å². The van der Waals surface area contributed by atoms with Crippen LogP contribution in [0.5, 0.6) is 0 Å². The van der Waals surface area contributed by atoms with E-state index >= 15 is 0 Å². The number of methoxy groups -OCH3 is 1. The van der Waals surface area contributed by atoms with Crippen LogP contribution in [-0.2, 0) is 11.3 Å². The van der Waals surface area contributed by atoms with Crippen LogP contribution in [0.25, 0.3) is 0 Å². The summed E-state index contributed by atoms with van der Waals surface area (Å²) in [6, 6.07) is 3.83. The molecule has 1 aliphatic rings. The van der Waals surface area contributed by atoms with Gasteiger partial charge in [0.05, 0.1) is 13.2 Å². The Labute approximate surface area is 100.0 Å². The predicted octanol–water partition coefficient (Wildman–Crippen LogP) is 1.59. The van der Waals surface area contributed by atoms with Crippen molar-refractivity contribution in [3.8, 4) is 0 Å². The lowest BCUT2D eigenvalue weighted by Gasteiger charge is -2.19. The Bertz CT molecular complexity index is 384. The standard InChI is InChI=1S/C12H17NO4/c1-16-7-6-13(9-2-3-9)8-10-4-5-11(17-10)12(14)15/h4-5,9H,2-3,6-8H2,1H3,(H,14,15). The van der Waals surface area contributed by atoms with E-state index in [1.807, 2.05) is 0 Å². The third kappa shape index (κ3) is 3.31. The Balaban J connectivity index is 1.93. The highest BCUT2D eigenvalue weighted by atomic mass is 16.5. The summed E-state index contributed by atoms with van der Waals surface area (Å²) in [4.78, 5) is 13.0. The van der Waals surface area contributed by atoms with Crippen molar-refractivity contribution in [1.29, 1.82) is 0 Å². The lowest BCUT2D eigenvalue weighted by molar-refractivity contribution is 0.0657. The molecule has 1 aliphatic carbocycles. The summed E-state index contributed by atoms with van der Waals surface area (Å²) in [6.45, 7) is 2.19. The summed E-state index contributed by atoms with van der Waals surface area (Å²) in [7, 11) is 1.68. The van der Waals surface area contributed by atoms with Gasteiger partial charge in [0.2, 0.25) is 5.76 Å². The van der Waals surface area contributed by atoms with Crippen LogP contribution >= 0.6 is 0 Å². The van der Waals surface area contributed by atoms with Crippen LogP contribution in [0, 0.1) is 0 Å². The molecular formula is C12H17NO4. The SMILES string of the molecule is COCCN(Cc1ccc(C(=O)O)o1)C1CC1. The molecular weight excluding hydrogens is 222 g/mol. The maximum atomic E-state index is 10.7. The van der Waals surface area contributed by atoms with Crippen molar-refractivity contribution in [2.45, 2.75) is 25.4 Å². The van der Waals surface area contributed by atoms with Gasteiger partial charge in [0, 0.05) is 19.7 Å². The third-order valence-electron chi connectivity index (χ3n) is 2.88. The number of rotatable bonds is 7. The lowest BCUT2D eigenvalue weighted by atomic mass is 10.3. The number of aromatic carboxylic acids is 1. The number of carboxylic acids is 1. The van der Waals surface area contributed by atoms with Gasteiger partial charge in [-0.15, -0.1) is 0 Å². The molecule has 5 nitrogen and oxygen atoms in total. The second-order valence-corrected chi connectivity index (χ2v) is 4.27. The summed E-state index contributed by atoms with van der Waals surface area (Å²) in [5, 5.41) is 8.77. The molecule has 0 atom stereocenters. The highest BCUT2D eigenvalue weighted by Gasteiger charge is 2.29. The molecule has 1 saturated carbocycles. The van der Waals surface area contributed by atoms with Crippen molar-refractivity contribution in [3.05, 3.63) is 23.7 Å². The highest BCUT2D eigenvalue weighted by Crippen LogP contribution is 2.28. The third-order valence-corrected chi connectivity index (χ3v) is 2.88. The van der Waals surface area contributed by atoms with E-state index < -0.39 is 5.97 Å². The molecule has 0 saturated heterocycles. The van der Waals surface area contributed by atoms with Crippen molar-refractivity contribution in [2.24, 2.45) is 0 Å². The Kier molecular flexibility index (Phi) is 3.81. The van der Waals surface area contributed by atoms with Gasteiger partial charge in [0.25, 0.3) is 0 Å². The molecule has 0 amide bonds. The van der Waals surface area contributed by atoms with E-state index in [1.54, 1.807) is 13.2 Å². The summed E-state index contributed by atoms with van der Waals surface area (Å²) in [5.74, 6) is -0.320. The van der Waals surface area contributed by atoms with Crippen molar-refractivity contribution in [1.82, 2.24) is 4.90 Å². The van der Waals surface area contributed by atoms with Crippen LogP contribution in [0.3, 0.4) is 0 Å². The molecule has 0 unspecified atom stereocenters. The van der Waals surface area contributed by atoms with Gasteiger partial charge in [-0.1, -0.05) is 0 Å². The quantitative estimate of drug-likeness (QED) is 0.782. The fourth-order valence-electron chi connectivity index (χ4n) is 1.82. The zero-order valence-corrected chi connectivity index (χ0v) is 9.89. The number of furan rings is 1. The van der Waals surface area contributed by atoms with Gasteiger partial charge in [-0.05, 0) is 25.0 Å². The van der Waals surface area contributed by atoms with E-state index in [1.165, 1.54) is 18.9 Å². The Morgan fingerprint density at radius 2 is 2.35 bits per heavy atom. The van der Waals surface area contributed by atoms with Gasteiger partial charge in [-0.3, -0.25) is 4.90 Å². The number of carbonyl (C=O) groups is 1. The van der Waals surface area contributed by atoms with Gasteiger partial charge >= 0.3 is 5.97 Å². The summed E-state index contributed by atoms with van der Waals surface area (Å²) in [6.07, 6.45) is 2.41. The first-order valence-electron chi connectivity index (χ1n) is 5.75.